The number of anilines is 1. The van der Waals surface area contributed by atoms with Crippen LogP contribution in [-0.2, 0) is 0 Å². The number of benzene rings is 1. The third-order valence-electron chi connectivity index (χ3n) is 2.83. The first-order chi connectivity index (χ1) is 9.36. The molecule has 0 spiro atoms. The number of carbonyl (C=O) groups excluding carboxylic acids is 1. The summed E-state index contributed by atoms with van der Waals surface area (Å²) in [5, 5.41) is 2.68. The van der Waals surface area contributed by atoms with Gasteiger partial charge in [-0.1, -0.05) is 20.8 Å². The van der Waals surface area contributed by atoms with Crippen molar-refractivity contribution in [1.82, 2.24) is 4.90 Å². The van der Waals surface area contributed by atoms with Crippen LogP contribution >= 0.6 is 0 Å². The van der Waals surface area contributed by atoms with Gasteiger partial charge in [-0.3, -0.25) is 4.79 Å². The van der Waals surface area contributed by atoms with E-state index in [1.807, 2.05) is 20.8 Å². The van der Waals surface area contributed by atoms with Crippen LogP contribution in [0.4, 0.5) is 14.5 Å². The van der Waals surface area contributed by atoms with Crippen molar-refractivity contribution in [2.75, 3.05) is 25.5 Å². The van der Waals surface area contributed by atoms with Gasteiger partial charge >= 0.3 is 0 Å². The molecule has 3 nitrogen and oxygen atoms in total. The number of carbonyl (C=O) groups is 1. The van der Waals surface area contributed by atoms with Crippen molar-refractivity contribution in [2.24, 2.45) is 5.92 Å². The number of halogens is 2. The maximum absolute atomic E-state index is 13.8. The molecule has 20 heavy (non-hydrogen) atoms. The number of hydrogen-bond acceptors (Lipinski definition) is 2. The Balaban J connectivity index is 2.95. The molecule has 0 unspecified atom stereocenters. The highest BCUT2D eigenvalue weighted by molar-refractivity contribution is 5.94. The molecule has 1 amide bonds. The molecule has 1 rings (SSSR count). The van der Waals surface area contributed by atoms with Crippen LogP contribution in [0.1, 0.15) is 37.6 Å². The topological polar surface area (TPSA) is 32.3 Å². The summed E-state index contributed by atoms with van der Waals surface area (Å²) in [6.45, 7) is 6.87. The van der Waals surface area contributed by atoms with E-state index in [4.69, 9.17) is 0 Å². The second-order valence-electron chi connectivity index (χ2n) is 5.32. The summed E-state index contributed by atoms with van der Waals surface area (Å²) in [6.07, 6.45) is 0.761. The van der Waals surface area contributed by atoms with Crippen LogP contribution in [0.5, 0.6) is 0 Å². The predicted molar refractivity (Wildman–Crippen MR) is 76.9 cm³/mol. The largest absolute Gasteiger partial charge is 0.380 e. The van der Waals surface area contributed by atoms with Crippen LogP contribution in [0, 0.1) is 17.6 Å². The van der Waals surface area contributed by atoms with E-state index < -0.39 is 11.6 Å². The quantitative estimate of drug-likeness (QED) is 0.867. The van der Waals surface area contributed by atoms with E-state index in [-0.39, 0.29) is 17.2 Å². The van der Waals surface area contributed by atoms with Gasteiger partial charge in [0.25, 0.3) is 5.91 Å². The van der Waals surface area contributed by atoms with Crippen LogP contribution in [0.15, 0.2) is 12.1 Å². The van der Waals surface area contributed by atoms with Crippen molar-refractivity contribution in [1.29, 1.82) is 0 Å². The van der Waals surface area contributed by atoms with Gasteiger partial charge in [0.15, 0.2) is 0 Å². The Morgan fingerprint density at radius 3 is 2.30 bits per heavy atom. The van der Waals surface area contributed by atoms with Crippen LogP contribution in [0.2, 0.25) is 0 Å². The Morgan fingerprint density at radius 1 is 1.30 bits per heavy atom. The fourth-order valence-corrected chi connectivity index (χ4v) is 1.97. The van der Waals surface area contributed by atoms with Crippen molar-refractivity contribution in [3.05, 3.63) is 29.3 Å². The standard InChI is InChI=1S/C15H22F2N2O/c1-5-6-18-14-12(16)7-11(8-13(14)17)15(20)19(4)9-10(2)3/h7-8,10,18H,5-6,9H2,1-4H3. The monoisotopic (exact) mass is 284 g/mol. The summed E-state index contributed by atoms with van der Waals surface area (Å²) < 4.78 is 27.7. The Hall–Kier alpha value is -1.65. The third-order valence-corrected chi connectivity index (χ3v) is 2.83. The molecule has 0 atom stereocenters. The molecule has 0 aliphatic heterocycles. The van der Waals surface area contributed by atoms with E-state index in [9.17, 15) is 13.6 Å². The molecule has 0 radical (unpaired) electrons. The first-order valence-corrected chi connectivity index (χ1v) is 6.85. The highest BCUT2D eigenvalue weighted by atomic mass is 19.1. The van der Waals surface area contributed by atoms with Crippen molar-refractivity contribution in [3.8, 4) is 0 Å². The molecule has 0 heterocycles. The lowest BCUT2D eigenvalue weighted by molar-refractivity contribution is 0.0778. The molecule has 0 bridgehead atoms. The molecule has 1 aromatic carbocycles. The fourth-order valence-electron chi connectivity index (χ4n) is 1.97. The molecule has 1 N–H and O–H groups in total. The lowest BCUT2D eigenvalue weighted by Gasteiger charge is -2.20. The molecular formula is C15H22F2N2O. The summed E-state index contributed by atoms with van der Waals surface area (Å²) in [5.41, 5.74) is -0.139. The van der Waals surface area contributed by atoms with Crippen LogP contribution < -0.4 is 5.32 Å². The Kier molecular flexibility index (Phi) is 5.92. The molecule has 0 saturated carbocycles. The molecule has 0 aromatic heterocycles. The van der Waals surface area contributed by atoms with Gasteiger partial charge in [-0.05, 0) is 24.5 Å². The van der Waals surface area contributed by atoms with Gasteiger partial charge in [0.05, 0.1) is 0 Å². The van der Waals surface area contributed by atoms with Gasteiger partial charge in [-0.25, -0.2) is 8.78 Å². The smallest absolute Gasteiger partial charge is 0.253 e. The molecule has 1 aromatic rings. The minimum absolute atomic E-state index is 0.0326. The number of nitrogens with one attached hydrogen (secondary N) is 1. The van der Waals surface area contributed by atoms with Crippen molar-refractivity contribution in [3.63, 3.8) is 0 Å². The Morgan fingerprint density at radius 2 is 1.85 bits per heavy atom. The second kappa shape index (κ2) is 7.22. The van der Waals surface area contributed by atoms with Gasteiger partial charge < -0.3 is 10.2 Å². The van der Waals surface area contributed by atoms with Crippen LogP contribution in [-0.4, -0.2) is 30.9 Å². The van der Waals surface area contributed by atoms with Crippen molar-refractivity contribution in [2.45, 2.75) is 27.2 Å². The van der Waals surface area contributed by atoms with Crippen molar-refractivity contribution < 1.29 is 13.6 Å². The first kappa shape index (κ1) is 16.4. The van der Waals surface area contributed by atoms with Gasteiger partial charge in [0.2, 0.25) is 0 Å². The van der Waals surface area contributed by atoms with E-state index in [2.05, 4.69) is 5.32 Å². The van der Waals surface area contributed by atoms with Crippen LogP contribution in [0.3, 0.4) is 0 Å². The zero-order valence-electron chi connectivity index (χ0n) is 12.5. The van der Waals surface area contributed by atoms with E-state index in [0.717, 1.165) is 18.6 Å². The molecule has 112 valence electrons. The van der Waals surface area contributed by atoms with E-state index in [1.54, 1.807) is 7.05 Å². The number of amides is 1. The number of hydrogen-bond donors (Lipinski definition) is 1. The lowest BCUT2D eigenvalue weighted by Crippen LogP contribution is -2.30. The summed E-state index contributed by atoms with van der Waals surface area (Å²) in [6, 6.07) is 2.17. The Labute approximate surface area is 119 Å². The SMILES string of the molecule is CCCNc1c(F)cc(C(=O)N(C)CC(C)C)cc1F. The van der Waals surface area contributed by atoms with Gasteiger partial charge in [0.1, 0.15) is 17.3 Å². The van der Waals surface area contributed by atoms with Crippen LogP contribution in [0.25, 0.3) is 0 Å². The molecule has 0 fully saturated rings. The zero-order chi connectivity index (χ0) is 15.3. The van der Waals surface area contributed by atoms with Crippen molar-refractivity contribution >= 4 is 11.6 Å². The highest BCUT2D eigenvalue weighted by Gasteiger charge is 2.18. The van der Waals surface area contributed by atoms with Gasteiger partial charge in [-0.2, -0.15) is 0 Å². The van der Waals surface area contributed by atoms with E-state index >= 15 is 0 Å². The van der Waals surface area contributed by atoms with E-state index in [1.165, 1.54) is 4.90 Å². The average Bonchev–Trinajstić information content (AvgIpc) is 2.35. The van der Waals surface area contributed by atoms with E-state index in [0.29, 0.717) is 19.0 Å². The molecule has 0 saturated heterocycles. The van der Waals surface area contributed by atoms with Gasteiger partial charge in [-0.15, -0.1) is 0 Å². The summed E-state index contributed by atoms with van der Waals surface area (Å²) in [7, 11) is 1.63. The molecule has 5 heteroatoms. The summed E-state index contributed by atoms with van der Waals surface area (Å²) in [4.78, 5) is 13.6. The molecular weight excluding hydrogens is 262 g/mol. The molecule has 0 aliphatic rings. The fraction of sp³-hybridized carbons (Fsp3) is 0.533. The minimum Gasteiger partial charge on any atom is -0.380 e. The summed E-state index contributed by atoms with van der Waals surface area (Å²) in [5.74, 6) is -1.55. The highest BCUT2D eigenvalue weighted by Crippen LogP contribution is 2.21. The maximum atomic E-state index is 13.8. The maximum Gasteiger partial charge on any atom is 0.253 e. The number of rotatable bonds is 6. The first-order valence-electron chi connectivity index (χ1n) is 6.85. The molecule has 0 aliphatic carbocycles. The third kappa shape index (κ3) is 4.18. The Bertz CT molecular complexity index is 452. The predicted octanol–water partition coefficient (Wildman–Crippen LogP) is 3.51. The number of nitrogens with zero attached hydrogens (tertiary/aromatic N) is 1. The lowest BCUT2D eigenvalue weighted by atomic mass is 10.1. The zero-order valence-corrected chi connectivity index (χ0v) is 12.5. The normalized spacial score (nSPS) is 10.8. The van der Waals surface area contributed by atoms with Gasteiger partial charge in [0, 0.05) is 25.7 Å². The second-order valence-corrected chi connectivity index (χ2v) is 5.32. The average molecular weight is 284 g/mol. The summed E-state index contributed by atoms with van der Waals surface area (Å²) >= 11 is 0. The minimum atomic E-state index is -0.736.